The molecule has 1 atom stereocenters. The SMILES string of the molecule is C/C(C=O)=C\C(OC(C)C)c1cccc(C)c1. The van der Waals surface area contributed by atoms with Crippen molar-refractivity contribution in [3.63, 3.8) is 0 Å². The molecule has 92 valence electrons. The lowest BCUT2D eigenvalue weighted by atomic mass is 10.0. The Bertz CT molecular complexity index is 405. The minimum absolute atomic E-state index is 0.121. The molecule has 0 amide bonds. The average molecular weight is 232 g/mol. The number of allylic oxidation sites excluding steroid dienone is 1. The average Bonchev–Trinajstić information content (AvgIpc) is 2.27. The first-order valence-corrected chi connectivity index (χ1v) is 5.88. The molecule has 0 N–H and O–H groups in total. The first-order valence-electron chi connectivity index (χ1n) is 5.88. The molecule has 0 aliphatic carbocycles. The molecule has 1 aromatic carbocycles. The number of hydrogen-bond acceptors (Lipinski definition) is 2. The number of rotatable bonds is 5. The van der Waals surface area contributed by atoms with E-state index in [9.17, 15) is 4.79 Å². The van der Waals surface area contributed by atoms with Crippen LogP contribution < -0.4 is 0 Å². The summed E-state index contributed by atoms with van der Waals surface area (Å²) < 4.78 is 5.83. The number of carbonyl (C=O) groups excluding carboxylic acids is 1. The van der Waals surface area contributed by atoms with Crippen molar-refractivity contribution in [1.29, 1.82) is 0 Å². The van der Waals surface area contributed by atoms with Gasteiger partial charge in [0.25, 0.3) is 0 Å². The Balaban J connectivity index is 3.01. The second-order valence-corrected chi connectivity index (χ2v) is 4.55. The van der Waals surface area contributed by atoms with E-state index in [1.807, 2.05) is 45.0 Å². The molecular formula is C15H20O2. The van der Waals surface area contributed by atoms with Gasteiger partial charge in [-0.15, -0.1) is 0 Å². The van der Waals surface area contributed by atoms with Crippen LogP contribution in [0, 0.1) is 6.92 Å². The first kappa shape index (κ1) is 13.7. The fourth-order valence-corrected chi connectivity index (χ4v) is 1.63. The van der Waals surface area contributed by atoms with Gasteiger partial charge >= 0.3 is 0 Å². The Labute approximate surface area is 103 Å². The third-order valence-electron chi connectivity index (χ3n) is 2.39. The molecule has 0 saturated heterocycles. The lowest BCUT2D eigenvalue weighted by molar-refractivity contribution is -0.105. The number of hydrogen-bond donors (Lipinski definition) is 0. The van der Waals surface area contributed by atoms with Crippen LogP contribution in [0.2, 0.25) is 0 Å². The van der Waals surface area contributed by atoms with Crippen molar-refractivity contribution in [1.82, 2.24) is 0 Å². The zero-order valence-electron chi connectivity index (χ0n) is 10.9. The lowest BCUT2D eigenvalue weighted by Crippen LogP contribution is -2.09. The van der Waals surface area contributed by atoms with Gasteiger partial charge in [-0.1, -0.05) is 29.8 Å². The highest BCUT2D eigenvalue weighted by molar-refractivity contribution is 5.72. The van der Waals surface area contributed by atoms with E-state index in [0.717, 1.165) is 11.8 Å². The van der Waals surface area contributed by atoms with Gasteiger partial charge in [-0.05, 0) is 44.9 Å². The van der Waals surface area contributed by atoms with Crippen LogP contribution in [0.4, 0.5) is 0 Å². The molecular weight excluding hydrogens is 212 g/mol. The monoisotopic (exact) mass is 232 g/mol. The smallest absolute Gasteiger partial charge is 0.145 e. The number of ether oxygens (including phenoxy) is 1. The second kappa shape index (κ2) is 6.36. The van der Waals surface area contributed by atoms with Crippen molar-refractivity contribution < 1.29 is 9.53 Å². The van der Waals surface area contributed by atoms with Crippen LogP contribution in [0.15, 0.2) is 35.9 Å². The minimum atomic E-state index is -0.153. The third-order valence-corrected chi connectivity index (χ3v) is 2.39. The quantitative estimate of drug-likeness (QED) is 0.572. The molecule has 0 heterocycles. The van der Waals surface area contributed by atoms with Crippen LogP contribution in [-0.4, -0.2) is 12.4 Å². The van der Waals surface area contributed by atoms with Crippen molar-refractivity contribution in [2.45, 2.75) is 39.9 Å². The Morgan fingerprint density at radius 3 is 2.59 bits per heavy atom. The largest absolute Gasteiger partial charge is 0.367 e. The standard InChI is InChI=1S/C15H20O2/c1-11(2)17-15(9-13(4)10-16)14-7-5-6-12(3)8-14/h5-11,15H,1-4H3/b13-9+. The Hall–Kier alpha value is -1.41. The normalized spacial score (nSPS) is 13.8. The van der Waals surface area contributed by atoms with Crippen molar-refractivity contribution in [2.75, 3.05) is 0 Å². The van der Waals surface area contributed by atoms with Gasteiger partial charge in [-0.2, -0.15) is 0 Å². The van der Waals surface area contributed by atoms with E-state index in [2.05, 4.69) is 6.07 Å². The molecule has 2 nitrogen and oxygen atoms in total. The molecule has 0 spiro atoms. The third kappa shape index (κ3) is 4.53. The van der Waals surface area contributed by atoms with E-state index in [0.29, 0.717) is 5.57 Å². The van der Waals surface area contributed by atoms with Crippen LogP contribution in [0.3, 0.4) is 0 Å². The summed E-state index contributed by atoms with van der Waals surface area (Å²) in [5.74, 6) is 0. The number of benzene rings is 1. The molecule has 0 bridgehead atoms. The molecule has 0 aromatic heterocycles. The van der Waals surface area contributed by atoms with E-state index >= 15 is 0 Å². The predicted molar refractivity (Wildman–Crippen MR) is 70.0 cm³/mol. The van der Waals surface area contributed by atoms with Gasteiger partial charge in [0.15, 0.2) is 0 Å². The first-order chi connectivity index (χ1) is 8.02. The summed E-state index contributed by atoms with van der Waals surface area (Å²) in [6.07, 6.45) is 2.69. The highest BCUT2D eigenvalue weighted by Crippen LogP contribution is 2.22. The maximum atomic E-state index is 10.7. The summed E-state index contributed by atoms with van der Waals surface area (Å²) >= 11 is 0. The van der Waals surface area contributed by atoms with Crippen molar-refractivity contribution in [2.24, 2.45) is 0 Å². The van der Waals surface area contributed by atoms with Gasteiger partial charge in [0.05, 0.1) is 6.10 Å². The van der Waals surface area contributed by atoms with Crippen LogP contribution >= 0.6 is 0 Å². The molecule has 0 saturated carbocycles. The van der Waals surface area contributed by atoms with Crippen molar-refractivity contribution >= 4 is 6.29 Å². The highest BCUT2D eigenvalue weighted by atomic mass is 16.5. The van der Waals surface area contributed by atoms with Crippen LogP contribution in [0.25, 0.3) is 0 Å². The van der Waals surface area contributed by atoms with Gasteiger partial charge < -0.3 is 4.74 Å². The molecule has 0 aliphatic rings. The van der Waals surface area contributed by atoms with Gasteiger partial charge in [0, 0.05) is 0 Å². The predicted octanol–water partition coefficient (Wildman–Crippen LogP) is 3.61. The van der Waals surface area contributed by atoms with Crippen LogP contribution in [-0.2, 0) is 9.53 Å². The van der Waals surface area contributed by atoms with E-state index in [4.69, 9.17) is 4.74 Å². The summed E-state index contributed by atoms with van der Waals surface area (Å²) in [5, 5.41) is 0. The molecule has 1 aromatic rings. The molecule has 0 fully saturated rings. The molecule has 0 radical (unpaired) electrons. The van der Waals surface area contributed by atoms with E-state index < -0.39 is 0 Å². The Kier molecular flexibility index (Phi) is 5.11. The summed E-state index contributed by atoms with van der Waals surface area (Å²) in [4.78, 5) is 10.7. The van der Waals surface area contributed by atoms with Crippen molar-refractivity contribution in [3.8, 4) is 0 Å². The molecule has 17 heavy (non-hydrogen) atoms. The zero-order valence-corrected chi connectivity index (χ0v) is 10.9. The second-order valence-electron chi connectivity index (χ2n) is 4.55. The topological polar surface area (TPSA) is 26.3 Å². The summed E-state index contributed by atoms with van der Waals surface area (Å²) in [6.45, 7) is 7.82. The summed E-state index contributed by atoms with van der Waals surface area (Å²) in [7, 11) is 0. The van der Waals surface area contributed by atoms with Gasteiger partial charge in [0.1, 0.15) is 12.4 Å². The van der Waals surface area contributed by atoms with Crippen LogP contribution in [0.1, 0.15) is 38.0 Å². The van der Waals surface area contributed by atoms with Gasteiger partial charge in [0.2, 0.25) is 0 Å². The highest BCUT2D eigenvalue weighted by Gasteiger charge is 2.11. The minimum Gasteiger partial charge on any atom is -0.367 e. The molecule has 0 aliphatic heterocycles. The number of aryl methyl sites for hydroxylation is 1. The fourth-order valence-electron chi connectivity index (χ4n) is 1.63. The maximum Gasteiger partial charge on any atom is 0.145 e. The van der Waals surface area contributed by atoms with E-state index in [-0.39, 0.29) is 12.2 Å². The summed E-state index contributed by atoms with van der Waals surface area (Å²) in [6, 6.07) is 8.16. The van der Waals surface area contributed by atoms with Crippen molar-refractivity contribution in [3.05, 3.63) is 47.0 Å². The zero-order chi connectivity index (χ0) is 12.8. The van der Waals surface area contributed by atoms with Gasteiger partial charge in [-0.3, -0.25) is 4.79 Å². The van der Waals surface area contributed by atoms with E-state index in [1.54, 1.807) is 6.92 Å². The van der Waals surface area contributed by atoms with Gasteiger partial charge in [-0.25, -0.2) is 0 Å². The molecule has 1 rings (SSSR count). The Morgan fingerprint density at radius 2 is 2.06 bits per heavy atom. The molecule has 2 heteroatoms. The van der Waals surface area contributed by atoms with E-state index in [1.165, 1.54) is 5.56 Å². The number of carbonyl (C=O) groups is 1. The summed E-state index contributed by atoms with van der Waals surface area (Å²) in [5.41, 5.74) is 2.97. The fraction of sp³-hybridized carbons (Fsp3) is 0.400. The lowest BCUT2D eigenvalue weighted by Gasteiger charge is -2.18. The Morgan fingerprint density at radius 1 is 1.35 bits per heavy atom. The van der Waals surface area contributed by atoms with Crippen LogP contribution in [0.5, 0.6) is 0 Å². The number of aldehydes is 1. The molecule has 1 unspecified atom stereocenters. The maximum absolute atomic E-state index is 10.7.